The van der Waals surface area contributed by atoms with E-state index in [1.807, 2.05) is 4.90 Å². The highest BCUT2D eigenvalue weighted by Gasteiger charge is 2.26. The summed E-state index contributed by atoms with van der Waals surface area (Å²) in [4.78, 5) is 21.0. The molecule has 2 aliphatic heterocycles. The predicted molar refractivity (Wildman–Crippen MR) is 85.2 cm³/mol. The first-order valence-electron chi connectivity index (χ1n) is 7.97. The van der Waals surface area contributed by atoms with Gasteiger partial charge in [-0.15, -0.1) is 0 Å². The summed E-state index contributed by atoms with van der Waals surface area (Å²) in [6, 6.07) is 3.39. The van der Waals surface area contributed by atoms with E-state index < -0.39 is 0 Å². The Hall–Kier alpha value is -1.17. The monoisotopic (exact) mass is 323 g/mol. The number of pyridine rings is 1. The lowest BCUT2D eigenvalue weighted by atomic mass is 10.2. The van der Waals surface area contributed by atoms with E-state index in [0.29, 0.717) is 17.3 Å². The van der Waals surface area contributed by atoms with E-state index in [9.17, 15) is 4.79 Å². The second-order valence-corrected chi connectivity index (χ2v) is 6.40. The van der Waals surface area contributed by atoms with Crippen molar-refractivity contribution in [3.63, 3.8) is 0 Å². The minimum Gasteiger partial charge on any atom is -0.375 e. The Morgan fingerprint density at radius 3 is 2.82 bits per heavy atom. The van der Waals surface area contributed by atoms with E-state index in [4.69, 9.17) is 16.3 Å². The zero-order valence-corrected chi connectivity index (χ0v) is 13.5. The highest BCUT2D eigenvalue weighted by atomic mass is 35.5. The number of rotatable bonds is 3. The van der Waals surface area contributed by atoms with Crippen LogP contribution in [0.1, 0.15) is 29.8 Å². The summed E-state index contributed by atoms with van der Waals surface area (Å²) in [7, 11) is 0. The molecule has 1 unspecified atom stereocenters. The first-order chi connectivity index (χ1) is 10.7. The predicted octanol–water partition coefficient (Wildman–Crippen LogP) is 2.06. The molecule has 1 aromatic heterocycles. The van der Waals surface area contributed by atoms with Crippen LogP contribution in [0.3, 0.4) is 0 Å². The number of likely N-dealkylation sites (tertiary alicyclic amines) is 1. The quantitative estimate of drug-likeness (QED) is 0.854. The van der Waals surface area contributed by atoms with Crippen LogP contribution in [0.25, 0.3) is 0 Å². The first kappa shape index (κ1) is 15.7. The van der Waals surface area contributed by atoms with Gasteiger partial charge in [0.25, 0.3) is 5.91 Å². The van der Waals surface area contributed by atoms with E-state index in [2.05, 4.69) is 9.88 Å². The van der Waals surface area contributed by atoms with Gasteiger partial charge in [0, 0.05) is 32.4 Å². The normalized spacial score (nSPS) is 23.5. The molecular formula is C16H22ClN3O2. The van der Waals surface area contributed by atoms with Gasteiger partial charge in [-0.25, -0.2) is 4.98 Å². The Morgan fingerprint density at radius 2 is 2.09 bits per heavy atom. The van der Waals surface area contributed by atoms with Crippen molar-refractivity contribution in [2.45, 2.75) is 25.4 Å². The number of hydrogen-bond acceptors (Lipinski definition) is 4. The Bertz CT molecular complexity index is 503. The van der Waals surface area contributed by atoms with Gasteiger partial charge in [-0.1, -0.05) is 11.6 Å². The second kappa shape index (κ2) is 7.40. The molecule has 6 heteroatoms. The molecule has 1 atom stereocenters. The molecule has 2 aliphatic rings. The van der Waals surface area contributed by atoms with Crippen LogP contribution < -0.4 is 0 Å². The summed E-state index contributed by atoms with van der Waals surface area (Å²) >= 11 is 5.83. The largest absolute Gasteiger partial charge is 0.375 e. The van der Waals surface area contributed by atoms with E-state index in [1.54, 1.807) is 12.1 Å². The fourth-order valence-corrected chi connectivity index (χ4v) is 3.22. The molecule has 22 heavy (non-hydrogen) atoms. The molecule has 2 fully saturated rings. The molecular weight excluding hydrogens is 302 g/mol. The van der Waals surface area contributed by atoms with E-state index >= 15 is 0 Å². The molecule has 0 aromatic carbocycles. The standard InChI is InChI=1S/C16H22ClN3O2/c17-13-4-5-15(18-10-13)16(21)20-8-3-9-22-14(12-20)11-19-6-1-2-7-19/h4-5,10,14H,1-3,6-9,11-12H2. The number of nitrogens with zero attached hydrogens (tertiary/aromatic N) is 3. The lowest BCUT2D eigenvalue weighted by Crippen LogP contribution is -2.42. The zero-order chi connectivity index (χ0) is 15.4. The van der Waals surface area contributed by atoms with Crippen LogP contribution in [0, 0.1) is 0 Å². The minimum atomic E-state index is -0.0337. The Morgan fingerprint density at radius 1 is 1.27 bits per heavy atom. The average Bonchev–Trinajstić information content (AvgIpc) is 2.92. The Kier molecular flexibility index (Phi) is 5.28. The van der Waals surface area contributed by atoms with Crippen molar-refractivity contribution < 1.29 is 9.53 Å². The molecule has 0 spiro atoms. The van der Waals surface area contributed by atoms with Crippen LogP contribution in [-0.4, -0.2) is 66.1 Å². The van der Waals surface area contributed by atoms with Crippen LogP contribution in [0.4, 0.5) is 0 Å². The highest BCUT2D eigenvalue weighted by Crippen LogP contribution is 2.15. The van der Waals surface area contributed by atoms with Gasteiger partial charge in [-0.3, -0.25) is 4.79 Å². The second-order valence-electron chi connectivity index (χ2n) is 5.97. The minimum absolute atomic E-state index is 0.0337. The molecule has 2 saturated heterocycles. The van der Waals surface area contributed by atoms with Crippen molar-refractivity contribution in [3.05, 3.63) is 29.0 Å². The first-order valence-corrected chi connectivity index (χ1v) is 8.35. The molecule has 0 bridgehead atoms. The van der Waals surface area contributed by atoms with Gasteiger partial charge in [0.2, 0.25) is 0 Å². The third-order valence-corrected chi connectivity index (χ3v) is 4.47. The van der Waals surface area contributed by atoms with Gasteiger partial charge < -0.3 is 14.5 Å². The van der Waals surface area contributed by atoms with Crippen molar-refractivity contribution >= 4 is 17.5 Å². The van der Waals surface area contributed by atoms with Crippen LogP contribution in [0.2, 0.25) is 5.02 Å². The summed E-state index contributed by atoms with van der Waals surface area (Å²) in [5, 5.41) is 0.544. The van der Waals surface area contributed by atoms with Gasteiger partial charge in [-0.05, 0) is 44.5 Å². The van der Waals surface area contributed by atoms with E-state index in [0.717, 1.165) is 39.2 Å². The topological polar surface area (TPSA) is 45.7 Å². The summed E-state index contributed by atoms with van der Waals surface area (Å²) in [6.45, 7) is 5.28. The number of halogens is 1. The van der Waals surface area contributed by atoms with Crippen LogP contribution in [0.15, 0.2) is 18.3 Å². The molecule has 0 saturated carbocycles. The van der Waals surface area contributed by atoms with Crippen LogP contribution >= 0.6 is 11.6 Å². The number of ether oxygens (including phenoxy) is 1. The molecule has 0 radical (unpaired) electrons. The number of aromatic nitrogens is 1. The smallest absolute Gasteiger partial charge is 0.272 e. The molecule has 3 rings (SSSR count). The van der Waals surface area contributed by atoms with Gasteiger partial charge in [0.05, 0.1) is 11.1 Å². The summed E-state index contributed by atoms with van der Waals surface area (Å²) in [6.07, 6.45) is 5.02. The molecule has 0 aliphatic carbocycles. The van der Waals surface area contributed by atoms with Crippen LogP contribution in [0.5, 0.6) is 0 Å². The molecule has 1 aromatic rings. The summed E-state index contributed by atoms with van der Waals surface area (Å²) in [5.74, 6) is -0.0337. The van der Waals surface area contributed by atoms with Crippen molar-refractivity contribution in [3.8, 4) is 0 Å². The summed E-state index contributed by atoms with van der Waals surface area (Å²) < 4.78 is 5.92. The lowest BCUT2D eigenvalue weighted by molar-refractivity contribution is 0.0296. The maximum Gasteiger partial charge on any atom is 0.272 e. The van der Waals surface area contributed by atoms with Crippen molar-refractivity contribution in [1.29, 1.82) is 0 Å². The highest BCUT2D eigenvalue weighted by molar-refractivity contribution is 6.30. The Labute approximate surface area is 136 Å². The SMILES string of the molecule is O=C(c1ccc(Cl)cn1)N1CCCOC(CN2CCCC2)C1. The molecule has 120 valence electrons. The maximum atomic E-state index is 12.6. The lowest BCUT2D eigenvalue weighted by Gasteiger charge is -2.26. The van der Waals surface area contributed by atoms with Gasteiger partial charge >= 0.3 is 0 Å². The molecule has 1 amide bonds. The molecule has 0 N–H and O–H groups in total. The number of amides is 1. The molecule has 5 nitrogen and oxygen atoms in total. The Balaban J connectivity index is 1.63. The van der Waals surface area contributed by atoms with E-state index in [-0.39, 0.29) is 12.0 Å². The van der Waals surface area contributed by atoms with Crippen molar-refractivity contribution in [2.24, 2.45) is 0 Å². The fourth-order valence-electron chi connectivity index (χ4n) is 3.11. The third kappa shape index (κ3) is 3.97. The molecule has 3 heterocycles. The number of hydrogen-bond donors (Lipinski definition) is 0. The number of carbonyl (C=O) groups excluding carboxylic acids is 1. The zero-order valence-electron chi connectivity index (χ0n) is 12.7. The maximum absolute atomic E-state index is 12.6. The van der Waals surface area contributed by atoms with E-state index in [1.165, 1.54) is 19.0 Å². The van der Waals surface area contributed by atoms with Crippen molar-refractivity contribution in [1.82, 2.24) is 14.8 Å². The van der Waals surface area contributed by atoms with Gasteiger partial charge in [0.15, 0.2) is 0 Å². The third-order valence-electron chi connectivity index (χ3n) is 4.24. The van der Waals surface area contributed by atoms with Gasteiger partial charge in [-0.2, -0.15) is 0 Å². The fraction of sp³-hybridized carbons (Fsp3) is 0.625. The van der Waals surface area contributed by atoms with Crippen LogP contribution in [-0.2, 0) is 4.74 Å². The number of carbonyl (C=O) groups is 1. The van der Waals surface area contributed by atoms with Gasteiger partial charge in [0.1, 0.15) is 5.69 Å². The van der Waals surface area contributed by atoms with Crippen molar-refractivity contribution in [2.75, 3.05) is 39.3 Å². The average molecular weight is 324 g/mol. The summed E-state index contributed by atoms with van der Waals surface area (Å²) in [5.41, 5.74) is 0.450.